The van der Waals surface area contributed by atoms with Crippen molar-refractivity contribution < 1.29 is 28.5 Å². The average Bonchev–Trinajstić information content (AvgIpc) is 2.91. The van der Waals surface area contributed by atoms with E-state index in [2.05, 4.69) is 5.32 Å². The smallest absolute Gasteiger partial charge is 0.254 e. The SMILES string of the molecule is COc1cc(NC(=O)[C@H]2CCCN(C(=O)c3ccc(OC)c4ccccc34)C2)cc(OC)c1OC. The summed E-state index contributed by atoms with van der Waals surface area (Å²) in [6.07, 6.45) is 1.44. The Balaban J connectivity index is 1.52. The number of anilines is 1. The second kappa shape index (κ2) is 10.5. The van der Waals surface area contributed by atoms with Crippen LogP contribution in [0.25, 0.3) is 10.8 Å². The van der Waals surface area contributed by atoms with E-state index in [4.69, 9.17) is 18.9 Å². The summed E-state index contributed by atoms with van der Waals surface area (Å²) in [6.45, 7) is 0.947. The van der Waals surface area contributed by atoms with Crippen molar-refractivity contribution in [3.8, 4) is 23.0 Å². The van der Waals surface area contributed by atoms with Gasteiger partial charge in [-0.1, -0.05) is 24.3 Å². The normalized spacial score (nSPS) is 15.4. The number of rotatable bonds is 7. The lowest BCUT2D eigenvalue weighted by Crippen LogP contribution is -2.43. The molecule has 3 aromatic carbocycles. The van der Waals surface area contributed by atoms with Crippen LogP contribution in [0.3, 0.4) is 0 Å². The molecule has 1 fully saturated rings. The lowest BCUT2D eigenvalue weighted by Gasteiger charge is -2.32. The number of nitrogens with one attached hydrogen (secondary N) is 1. The van der Waals surface area contributed by atoms with Gasteiger partial charge in [0.2, 0.25) is 11.7 Å². The monoisotopic (exact) mass is 478 g/mol. The predicted octanol–water partition coefficient (Wildman–Crippen LogP) is 4.37. The van der Waals surface area contributed by atoms with Gasteiger partial charge < -0.3 is 29.2 Å². The van der Waals surface area contributed by atoms with Gasteiger partial charge in [0.15, 0.2) is 11.5 Å². The van der Waals surface area contributed by atoms with Crippen LogP contribution in [0.2, 0.25) is 0 Å². The number of amides is 2. The number of carbonyl (C=O) groups excluding carboxylic acids is 2. The van der Waals surface area contributed by atoms with Crippen molar-refractivity contribution in [2.24, 2.45) is 5.92 Å². The number of nitrogens with zero attached hydrogens (tertiary/aromatic N) is 1. The molecule has 0 radical (unpaired) electrons. The Morgan fingerprint density at radius 2 is 1.51 bits per heavy atom. The first-order valence-electron chi connectivity index (χ1n) is 11.5. The van der Waals surface area contributed by atoms with Crippen LogP contribution in [0.15, 0.2) is 48.5 Å². The van der Waals surface area contributed by atoms with Crippen molar-refractivity contribution in [2.45, 2.75) is 12.8 Å². The Bertz CT molecular complexity index is 1220. The molecule has 1 N–H and O–H groups in total. The highest BCUT2D eigenvalue weighted by Gasteiger charge is 2.30. The zero-order valence-electron chi connectivity index (χ0n) is 20.4. The predicted molar refractivity (Wildman–Crippen MR) is 134 cm³/mol. The maximum absolute atomic E-state index is 13.5. The molecule has 1 aliphatic rings. The van der Waals surface area contributed by atoms with E-state index in [1.807, 2.05) is 30.3 Å². The summed E-state index contributed by atoms with van der Waals surface area (Å²) in [6, 6.07) is 14.7. The minimum Gasteiger partial charge on any atom is -0.496 e. The molecule has 35 heavy (non-hydrogen) atoms. The summed E-state index contributed by atoms with van der Waals surface area (Å²) in [5.74, 6) is 1.50. The first-order chi connectivity index (χ1) is 17.0. The molecule has 4 rings (SSSR count). The van der Waals surface area contributed by atoms with Crippen LogP contribution in [0.4, 0.5) is 5.69 Å². The summed E-state index contributed by atoms with van der Waals surface area (Å²) in [7, 11) is 6.19. The number of hydrogen-bond donors (Lipinski definition) is 1. The van der Waals surface area contributed by atoms with E-state index in [9.17, 15) is 9.59 Å². The third kappa shape index (κ3) is 4.82. The zero-order chi connectivity index (χ0) is 24.9. The summed E-state index contributed by atoms with van der Waals surface area (Å²) in [5.41, 5.74) is 1.14. The van der Waals surface area contributed by atoms with E-state index in [1.54, 1.807) is 30.2 Å². The summed E-state index contributed by atoms with van der Waals surface area (Å²) in [4.78, 5) is 28.4. The molecule has 8 nitrogen and oxygen atoms in total. The van der Waals surface area contributed by atoms with Crippen molar-refractivity contribution in [1.82, 2.24) is 4.90 Å². The molecule has 1 aliphatic heterocycles. The highest BCUT2D eigenvalue weighted by Crippen LogP contribution is 2.40. The molecule has 0 bridgehead atoms. The number of piperidine rings is 1. The molecule has 1 atom stereocenters. The summed E-state index contributed by atoms with van der Waals surface area (Å²) in [5, 5.41) is 4.67. The lowest BCUT2D eigenvalue weighted by atomic mass is 9.95. The summed E-state index contributed by atoms with van der Waals surface area (Å²) >= 11 is 0. The van der Waals surface area contributed by atoms with Gasteiger partial charge in [0.1, 0.15) is 5.75 Å². The van der Waals surface area contributed by atoms with Crippen molar-refractivity contribution >= 4 is 28.3 Å². The average molecular weight is 479 g/mol. The minimum atomic E-state index is -0.337. The number of ether oxygens (including phenoxy) is 4. The Morgan fingerprint density at radius 1 is 0.857 bits per heavy atom. The van der Waals surface area contributed by atoms with Crippen LogP contribution in [-0.4, -0.2) is 58.2 Å². The third-order valence-corrected chi connectivity index (χ3v) is 6.35. The van der Waals surface area contributed by atoms with Gasteiger partial charge in [0.05, 0.1) is 34.4 Å². The Morgan fingerprint density at radius 3 is 2.14 bits per heavy atom. The zero-order valence-corrected chi connectivity index (χ0v) is 20.4. The number of carbonyl (C=O) groups is 2. The molecule has 3 aromatic rings. The van der Waals surface area contributed by atoms with Gasteiger partial charge in [-0.25, -0.2) is 0 Å². The van der Waals surface area contributed by atoms with Crippen LogP contribution >= 0.6 is 0 Å². The fourth-order valence-electron chi connectivity index (χ4n) is 4.58. The fraction of sp³-hybridized carbons (Fsp3) is 0.333. The van der Waals surface area contributed by atoms with Crippen molar-refractivity contribution in [3.63, 3.8) is 0 Å². The van der Waals surface area contributed by atoms with Crippen molar-refractivity contribution in [3.05, 3.63) is 54.1 Å². The van der Waals surface area contributed by atoms with E-state index in [1.165, 1.54) is 21.3 Å². The molecule has 184 valence electrons. The molecule has 1 heterocycles. The first-order valence-corrected chi connectivity index (χ1v) is 11.5. The van der Waals surface area contributed by atoms with E-state index in [0.29, 0.717) is 48.0 Å². The molecule has 1 saturated heterocycles. The van der Waals surface area contributed by atoms with Crippen molar-refractivity contribution in [1.29, 1.82) is 0 Å². The molecule has 8 heteroatoms. The Hall–Kier alpha value is -3.94. The van der Waals surface area contributed by atoms with E-state index in [-0.39, 0.29) is 17.7 Å². The number of hydrogen-bond acceptors (Lipinski definition) is 6. The standard InChI is InChI=1S/C27H30N2O6/c1-32-22-12-11-21(19-9-5-6-10-20(19)22)27(31)29-13-7-8-17(16-29)26(30)28-18-14-23(33-2)25(35-4)24(15-18)34-3/h5-6,9-12,14-15,17H,7-8,13,16H2,1-4H3,(H,28,30)/t17-/m0/s1. The number of methoxy groups -OCH3 is 4. The molecule has 0 aromatic heterocycles. The molecule has 0 spiro atoms. The molecular formula is C27H30N2O6. The summed E-state index contributed by atoms with van der Waals surface area (Å²) < 4.78 is 21.6. The molecular weight excluding hydrogens is 448 g/mol. The van der Waals surface area contributed by atoms with Crippen LogP contribution in [0.5, 0.6) is 23.0 Å². The third-order valence-electron chi connectivity index (χ3n) is 6.35. The van der Waals surface area contributed by atoms with E-state index < -0.39 is 0 Å². The number of fused-ring (bicyclic) bond motifs is 1. The quantitative estimate of drug-likeness (QED) is 0.543. The number of likely N-dealkylation sites (tertiary alicyclic amines) is 1. The van der Waals surface area contributed by atoms with Gasteiger partial charge in [-0.2, -0.15) is 0 Å². The first kappa shape index (κ1) is 24.2. The molecule has 0 aliphatic carbocycles. The highest BCUT2D eigenvalue weighted by atomic mass is 16.5. The minimum absolute atomic E-state index is 0.0888. The van der Waals surface area contributed by atoms with Crippen LogP contribution < -0.4 is 24.3 Å². The largest absolute Gasteiger partial charge is 0.496 e. The van der Waals surface area contributed by atoms with Crippen molar-refractivity contribution in [2.75, 3.05) is 46.8 Å². The van der Waals surface area contributed by atoms with Gasteiger partial charge in [-0.05, 0) is 30.4 Å². The maximum atomic E-state index is 13.5. The number of benzene rings is 3. The molecule has 2 amide bonds. The van der Waals surface area contributed by atoms with Gasteiger partial charge in [-0.3, -0.25) is 9.59 Å². The molecule has 0 saturated carbocycles. The topological polar surface area (TPSA) is 86.3 Å². The van der Waals surface area contributed by atoms with Crippen LogP contribution in [0.1, 0.15) is 23.2 Å². The van der Waals surface area contributed by atoms with Gasteiger partial charge >= 0.3 is 0 Å². The second-order valence-electron chi connectivity index (χ2n) is 8.35. The Labute approximate surface area is 204 Å². The van der Waals surface area contributed by atoms with Gasteiger partial charge in [-0.15, -0.1) is 0 Å². The fourth-order valence-corrected chi connectivity index (χ4v) is 4.58. The van der Waals surface area contributed by atoms with E-state index in [0.717, 1.165) is 22.9 Å². The van der Waals surface area contributed by atoms with Crippen LogP contribution in [-0.2, 0) is 4.79 Å². The second-order valence-corrected chi connectivity index (χ2v) is 8.35. The van der Waals surface area contributed by atoms with Gasteiger partial charge in [0, 0.05) is 41.9 Å². The van der Waals surface area contributed by atoms with E-state index >= 15 is 0 Å². The van der Waals surface area contributed by atoms with Crippen LogP contribution in [0, 0.1) is 5.92 Å². The maximum Gasteiger partial charge on any atom is 0.254 e. The Kier molecular flexibility index (Phi) is 7.29. The highest BCUT2D eigenvalue weighted by molar-refractivity contribution is 6.08. The lowest BCUT2D eigenvalue weighted by molar-refractivity contribution is -0.121. The molecule has 0 unspecified atom stereocenters. The van der Waals surface area contributed by atoms with Gasteiger partial charge in [0.25, 0.3) is 5.91 Å².